The molecular weight excluding hydrogens is 232 g/mol. The van der Waals surface area contributed by atoms with Crippen LogP contribution in [0.1, 0.15) is 51.5 Å². The Hall–Kier alpha value is -1.33. The van der Waals surface area contributed by atoms with Gasteiger partial charge in [-0.3, -0.25) is 4.90 Å². The van der Waals surface area contributed by atoms with Crippen LogP contribution in [0.3, 0.4) is 0 Å². The lowest BCUT2D eigenvalue weighted by Gasteiger charge is -2.28. The maximum absolute atomic E-state index is 9.41. The van der Waals surface area contributed by atoms with Crippen molar-refractivity contribution in [1.82, 2.24) is 4.90 Å². The van der Waals surface area contributed by atoms with Gasteiger partial charge in [-0.25, -0.2) is 0 Å². The molecule has 0 aromatic heterocycles. The van der Waals surface area contributed by atoms with Gasteiger partial charge in [0.15, 0.2) is 0 Å². The van der Waals surface area contributed by atoms with Crippen molar-refractivity contribution < 1.29 is 0 Å². The fourth-order valence-electron chi connectivity index (χ4n) is 2.27. The Balaban J connectivity index is 2.63. The Morgan fingerprint density at radius 2 is 1.84 bits per heavy atom. The minimum absolute atomic E-state index is 0.0229. The molecule has 0 heterocycles. The van der Waals surface area contributed by atoms with Crippen LogP contribution in [0.15, 0.2) is 30.3 Å². The number of hydrogen-bond acceptors (Lipinski definition) is 2. The topological polar surface area (TPSA) is 27.0 Å². The quantitative estimate of drug-likeness (QED) is 0.654. The third-order valence-electron chi connectivity index (χ3n) is 3.55. The van der Waals surface area contributed by atoms with Gasteiger partial charge in [0.2, 0.25) is 0 Å². The van der Waals surface area contributed by atoms with E-state index in [4.69, 9.17) is 0 Å². The molecule has 0 aliphatic heterocycles. The Labute approximate surface area is 118 Å². The summed E-state index contributed by atoms with van der Waals surface area (Å²) in [4.78, 5) is 2.43. The van der Waals surface area contributed by atoms with E-state index in [1.807, 2.05) is 18.2 Å². The lowest BCUT2D eigenvalue weighted by Crippen LogP contribution is -2.35. The molecule has 1 aromatic rings. The smallest absolute Gasteiger partial charge is 0.0839 e. The molecule has 2 heteroatoms. The largest absolute Gasteiger partial charge is 0.299 e. The highest BCUT2D eigenvalue weighted by Gasteiger charge is 2.17. The number of hydrogen-bond donors (Lipinski definition) is 0. The molecule has 1 atom stereocenters. The van der Waals surface area contributed by atoms with Gasteiger partial charge >= 0.3 is 0 Å². The van der Waals surface area contributed by atoms with E-state index < -0.39 is 0 Å². The molecule has 1 unspecified atom stereocenters. The number of nitrogens with zero attached hydrogens (tertiary/aromatic N) is 2. The van der Waals surface area contributed by atoms with Gasteiger partial charge in [0.05, 0.1) is 12.0 Å². The lowest BCUT2D eigenvalue weighted by molar-refractivity contribution is 0.213. The molecule has 2 nitrogen and oxygen atoms in total. The first-order valence-corrected chi connectivity index (χ1v) is 7.37. The molecule has 104 valence electrons. The van der Waals surface area contributed by atoms with Crippen molar-refractivity contribution in [2.45, 2.75) is 52.0 Å². The molecule has 0 fully saturated rings. The molecule has 0 bridgehead atoms. The number of benzene rings is 1. The summed E-state index contributed by atoms with van der Waals surface area (Å²) in [7, 11) is 0. The first-order valence-electron chi connectivity index (χ1n) is 7.37. The van der Waals surface area contributed by atoms with Crippen LogP contribution in [0, 0.1) is 11.3 Å². The van der Waals surface area contributed by atoms with Gasteiger partial charge in [0.1, 0.15) is 0 Å². The zero-order valence-electron chi connectivity index (χ0n) is 12.5. The monoisotopic (exact) mass is 258 g/mol. The van der Waals surface area contributed by atoms with Crippen LogP contribution in [0.5, 0.6) is 0 Å². The number of rotatable bonds is 8. The van der Waals surface area contributed by atoms with Crippen LogP contribution in [-0.4, -0.2) is 24.0 Å². The molecular formula is C17H26N2. The Kier molecular flexibility index (Phi) is 7.22. The van der Waals surface area contributed by atoms with Crippen molar-refractivity contribution in [2.75, 3.05) is 13.1 Å². The predicted molar refractivity (Wildman–Crippen MR) is 81.0 cm³/mol. The zero-order chi connectivity index (χ0) is 14.1. The summed E-state index contributed by atoms with van der Waals surface area (Å²) in [5.41, 5.74) is 1.13. The third-order valence-corrected chi connectivity index (χ3v) is 3.55. The second-order valence-corrected chi connectivity index (χ2v) is 5.39. The molecule has 1 aromatic carbocycles. The Morgan fingerprint density at radius 3 is 2.37 bits per heavy atom. The summed E-state index contributed by atoms with van der Waals surface area (Å²) in [5, 5.41) is 9.41. The SMILES string of the molecule is CCCCCN(CC(C#N)c1ccccc1)C(C)C. The Bertz CT molecular complexity index is 378. The van der Waals surface area contributed by atoms with Gasteiger partial charge in [0, 0.05) is 12.6 Å². The number of unbranched alkanes of at least 4 members (excludes halogenated alkanes) is 2. The first-order chi connectivity index (χ1) is 9.19. The van der Waals surface area contributed by atoms with Gasteiger partial charge in [-0.1, -0.05) is 50.1 Å². The summed E-state index contributed by atoms with van der Waals surface area (Å²) >= 11 is 0. The summed E-state index contributed by atoms with van der Waals surface area (Å²) in [5.74, 6) is -0.0229. The van der Waals surface area contributed by atoms with Gasteiger partial charge in [-0.2, -0.15) is 5.26 Å². The normalized spacial score (nSPS) is 12.6. The highest BCUT2D eigenvalue weighted by atomic mass is 15.1. The van der Waals surface area contributed by atoms with Crippen LogP contribution in [0.4, 0.5) is 0 Å². The van der Waals surface area contributed by atoms with E-state index in [0.29, 0.717) is 6.04 Å². The second kappa shape index (κ2) is 8.72. The minimum atomic E-state index is -0.0229. The fraction of sp³-hybridized carbons (Fsp3) is 0.588. The van der Waals surface area contributed by atoms with Crippen molar-refractivity contribution in [2.24, 2.45) is 0 Å². The lowest BCUT2D eigenvalue weighted by atomic mass is 9.99. The van der Waals surface area contributed by atoms with Crippen LogP contribution >= 0.6 is 0 Å². The molecule has 0 amide bonds. The summed E-state index contributed by atoms with van der Waals surface area (Å²) in [6.45, 7) is 8.58. The molecule has 0 saturated carbocycles. The van der Waals surface area contributed by atoms with E-state index in [0.717, 1.165) is 18.7 Å². The summed E-state index contributed by atoms with van der Waals surface area (Å²) < 4.78 is 0. The van der Waals surface area contributed by atoms with Gasteiger partial charge < -0.3 is 0 Å². The first kappa shape index (κ1) is 15.7. The highest BCUT2D eigenvalue weighted by molar-refractivity contribution is 5.25. The average Bonchev–Trinajstić information content (AvgIpc) is 2.43. The van der Waals surface area contributed by atoms with E-state index in [9.17, 15) is 5.26 Å². The van der Waals surface area contributed by atoms with Gasteiger partial charge in [-0.05, 0) is 32.4 Å². The van der Waals surface area contributed by atoms with E-state index in [2.05, 4.69) is 43.9 Å². The molecule has 0 spiro atoms. The molecule has 1 rings (SSSR count). The number of nitriles is 1. The van der Waals surface area contributed by atoms with Crippen molar-refractivity contribution in [1.29, 1.82) is 5.26 Å². The van der Waals surface area contributed by atoms with Crippen molar-refractivity contribution in [3.8, 4) is 6.07 Å². The van der Waals surface area contributed by atoms with Crippen molar-refractivity contribution in [3.05, 3.63) is 35.9 Å². The van der Waals surface area contributed by atoms with Crippen molar-refractivity contribution in [3.63, 3.8) is 0 Å². The predicted octanol–water partition coefficient (Wildman–Crippen LogP) is 4.19. The molecule has 0 aliphatic rings. The van der Waals surface area contributed by atoms with E-state index >= 15 is 0 Å². The maximum Gasteiger partial charge on any atom is 0.0839 e. The van der Waals surface area contributed by atoms with Gasteiger partial charge in [0.25, 0.3) is 0 Å². The molecule has 0 N–H and O–H groups in total. The van der Waals surface area contributed by atoms with Crippen LogP contribution in [-0.2, 0) is 0 Å². The molecule has 0 saturated heterocycles. The minimum Gasteiger partial charge on any atom is -0.299 e. The molecule has 0 radical (unpaired) electrons. The van der Waals surface area contributed by atoms with E-state index in [-0.39, 0.29) is 5.92 Å². The fourth-order valence-corrected chi connectivity index (χ4v) is 2.27. The Morgan fingerprint density at radius 1 is 1.16 bits per heavy atom. The average molecular weight is 258 g/mol. The van der Waals surface area contributed by atoms with Crippen LogP contribution in [0.2, 0.25) is 0 Å². The second-order valence-electron chi connectivity index (χ2n) is 5.39. The summed E-state index contributed by atoms with van der Waals surface area (Å²) in [6.07, 6.45) is 3.74. The van der Waals surface area contributed by atoms with Crippen LogP contribution in [0.25, 0.3) is 0 Å². The van der Waals surface area contributed by atoms with E-state index in [1.165, 1.54) is 19.3 Å². The standard InChI is InChI=1S/C17H26N2/c1-4-5-9-12-19(15(2)3)14-17(13-18)16-10-7-6-8-11-16/h6-8,10-11,15,17H,4-5,9,12,14H2,1-3H3. The summed E-state index contributed by atoms with van der Waals surface area (Å²) in [6, 6.07) is 13.1. The third kappa shape index (κ3) is 5.44. The molecule has 0 aliphatic carbocycles. The molecule has 19 heavy (non-hydrogen) atoms. The zero-order valence-corrected chi connectivity index (χ0v) is 12.5. The highest BCUT2D eigenvalue weighted by Crippen LogP contribution is 2.18. The van der Waals surface area contributed by atoms with Gasteiger partial charge in [-0.15, -0.1) is 0 Å². The van der Waals surface area contributed by atoms with Crippen LogP contribution < -0.4 is 0 Å². The van der Waals surface area contributed by atoms with E-state index in [1.54, 1.807) is 0 Å². The van der Waals surface area contributed by atoms with Crippen molar-refractivity contribution >= 4 is 0 Å². The maximum atomic E-state index is 9.41.